The third kappa shape index (κ3) is 3.65. The number of likely N-dealkylation sites (tertiary alicyclic amines) is 1. The number of pyridine rings is 1. The summed E-state index contributed by atoms with van der Waals surface area (Å²) < 4.78 is 0. The van der Waals surface area contributed by atoms with Crippen LogP contribution in [0.3, 0.4) is 0 Å². The van der Waals surface area contributed by atoms with Crippen LogP contribution >= 0.6 is 0 Å². The molecule has 7 heteroatoms. The Hall–Kier alpha value is -2.93. The summed E-state index contributed by atoms with van der Waals surface area (Å²) in [6.45, 7) is 4.91. The normalized spacial score (nSPS) is 22.9. The van der Waals surface area contributed by atoms with Crippen LogP contribution in [0, 0.1) is 5.41 Å². The minimum atomic E-state index is -0.142. The van der Waals surface area contributed by atoms with Gasteiger partial charge in [-0.25, -0.2) is 4.79 Å². The van der Waals surface area contributed by atoms with E-state index in [1.807, 2.05) is 41.4 Å². The van der Waals surface area contributed by atoms with Gasteiger partial charge in [0.15, 0.2) is 0 Å². The fourth-order valence-electron chi connectivity index (χ4n) is 4.93. The number of urea groups is 1. The highest BCUT2D eigenvalue weighted by Gasteiger charge is 2.40. The Morgan fingerprint density at radius 2 is 1.87 bits per heavy atom. The molecule has 2 aromatic rings. The van der Waals surface area contributed by atoms with E-state index in [0.717, 1.165) is 43.7 Å². The number of fused-ring (bicyclic) bond motifs is 1. The van der Waals surface area contributed by atoms with Crippen LogP contribution in [-0.2, 0) is 13.1 Å². The molecule has 1 atom stereocenters. The zero-order valence-electron chi connectivity index (χ0n) is 17.1. The van der Waals surface area contributed by atoms with E-state index in [9.17, 15) is 9.59 Å². The Labute approximate surface area is 176 Å². The molecule has 1 aromatic heterocycles. The number of rotatable bonds is 2. The lowest BCUT2D eigenvalue weighted by Crippen LogP contribution is -2.42. The minimum Gasteiger partial charge on any atom is -0.338 e. The first kappa shape index (κ1) is 19.1. The van der Waals surface area contributed by atoms with Crippen LogP contribution in [0.25, 0.3) is 0 Å². The number of piperidine rings is 1. The van der Waals surface area contributed by atoms with E-state index < -0.39 is 0 Å². The van der Waals surface area contributed by atoms with E-state index in [1.165, 1.54) is 12.8 Å². The van der Waals surface area contributed by atoms with Crippen molar-refractivity contribution in [3.8, 4) is 0 Å². The number of nitrogens with zero attached hydrogens (tertiary/aromatic N) is 3. The molecule has 3 aliphatic heterocycles. The predicted molar refractivity (Wildman–Crippen MR) is 114 cm³/mol. The van der Waals surface area contributed by atoms with E-state index in [-0.39, 0.29) is 17.4 Å². The number of carbonyl (C=O) groups excluding carboxylic acids is 2. The van der Waals surface area contributed by atoms with E-state index in [2.05, 4.69) is 15.6 Å². The zero-order valence-corrected chi connectivity index (χ0v) is 17.1. The molecule has 0 saturated carbocycles. The van der Waals surface area contributed by atoms with Crippen LogP contribution in [0.1, 0.15) is 40.7 Å². The van der Waals surface area contributed by atoms with Gasteiger partial charge in [0.1, 0.15) is 0 Å². The number of amides is 3. The summed E-state index contributed by atoms with van der Waals surface area (Å²) in [5, 5.41) is 6.42. The average Bonchev–Trinajstić information content (AvgIpc) is 3.39. The molecule has 2 saturated heterocycles. The maximum atomic E-state index is 12.9. The second kappa shape index (κ2) is 7.72. The largest absolute Gasteiger partial charge is 0.338 e. The molecule has 3 aliphatic rings. The Morgan fingerprint density at radius 3 is 2.63 bits per heavy atom. The van der Waals surface area contributed by atoms with Crippen LogP contribution in [-0.4, -0.2) is 52.9 Å². The molecule has 7 nitrogen and oxygen atoms in total. The summed E-state index contributed by atoms with van der Waals surface area (Å²) in [4.78, 5) is 33.4. The quantitative estimate of drug-likeness (QED) is 0.806. The molecule has 0 radical (unpaired) electrons. The maximum Gasteiger partial charge on any atom is 0.322 e. The summed E-state index contributed by atoms with van der Waals surface area (Å²) in [5.74, 6) is 0.0813. The smallest absolute Gasteiger partial charge is 0.322 e. The van der Waals surface area contributed by atoms with Crippen molar-refractivity contribution in [2.75, 3.05) is 31.5 Å². The Kier molecular flexibility index (Phi) is 4.90. The highest BCUT2D eigenvalue weighted by molar-refractivity contribution is 5.95. The van der Waals surface area contributed by atoms with Gasteiger partial charge < -0.3 is 20.4 Å². The predicted octanol–water partition coefficient (Wildman–Crippen LogP) is 2.85. The highest BCUT2D eigenvalue weighted by atomic mass is 16.2. The molecule has 0 aliphatic carbocycles. The van der Waals surface area contributed by atoms with Crippen molar-refractivity contribution in [2.24, 2.45) is 5.41 Å². The number of hydrogen-bond donors (Lipinski definition) is 2. The van der Waals surface area contributed by atoms with Gasteiger partial charge >= 0.3 is 6.03 Å². The topological polar surface area (TPSA) is 77.6 Å². The number of carbonyl (C=O) groups is 2. The molecule has 1 spiro atoms. The molecule has 1 aromatic carbocycles. The third-order valence-corrected chi connectivity index (χ3v) is 6.68. The maximum absolute atomic E-state index is 12.9. The number of nitrogens with one attached hydrogen (secondary N) is 2. The molecule has 30 heavy (non-hydrogen) atoms. The van der Waals surface area contributed by atoms with Gasteiger partial charge in [-0.15, -0.1) is 0 Å². The van der Waals surface area contributed by atoms with E-state index in [0.29, 0.717) is 24.3 Å². The van der Waals surface area contributed by atoms with Crippen LogP contribution in [0.2, 0.25) is 0 Å². The van der Waals surface area contributed by atoms with Crippen molar-refractivity contribution >= 4 is 17.6 Å². The van der Waals surface area contributed by atoms with Crippen molar-refractivity contribution in [1.82, 2.24) is 20.1 Å². The first-order valence-electron chi connectivity index (χ1n) is 10.7. The first-order chi connectivity index (χ1) is 14.6. The molecule has 3 amide bonds. The number of benzene rings is 1. The van der Waals surface area contributed by atoms with Crippen LogP contribution in [0.15, 0.2) is 42.7 Å². The van der Waals surface area contributed by atoms with Crippen LogP contribution in [0.5, 0.6) is 0 Å². The number of hydrogen-bond acceptors (Lipinski definition) is 4. The van der Waals surface area contributed by atoms with Crippen molar-refractivity contribution < 1.29 is 9.59 Å². The van der Waals surface area contributed by atoms with Gasteiger partial charge in [-0.2, -0.15) is 0 Å². The molecule has 0 bridgehead atoms. The standard InChI is InChI=1S/C23H27N5O2/c29-21(27-11-8-23(16-27)7-1-9-25-15-23)17-2-4-20(5-3-17)26-22(30)28-13-18-6-10-24-12-19(18)14-28/h2-6,10,12,25H,1,7-9,11,13-16H2,(H,26,30). The van der Waals surface area contributed by atoms with E-state index in [1.54, 1.807) is 11.1 Å². The summed E-state index contributed by atoms with van der Waals surface area (Å²) in [5.41, 5.74) is 3.85. The van der Waals surface area contributed by atoms with Crippen molar-refractivity contribution in [2.45, 2.75) is 32.4 Å². The Balaban J connectivity index is 1.19. The summed E-state index contributed by atoms with van der Waals surface area (Å²) >= 11 is 0. The zero-order chi connectivity index (χ0) is 20.6. The minimum absolute atomic E-state index is 0.0813. The van der Waals surface area contributed by atoms with Gasteiger partial charge in [-0.3, -0.25) is 9.78 Å². The van der Waals surface area contributed by atoms with Crippen LogP contribution in [0.4, 0.5) is 10.5 Å². The van der Waals surface area contributed by atoms with Crippen molar-refractivity contribution in [3.63, 3.8) is 0 Å². The fraction of sp³-hybridized carbons (Fsp3) is 0.435. The van der Waals surface area contributed by atoms with Crippen LogP contribution < -0.4 is 10.6 Å². The second-order valence-electron chi connectivity index (χ2n) is 8.76. The lowest BCUT2D eigenvalue weighted by molar-refractivity contribution is 0.0764. The molecule has 5 rings (SSSR count). The fourth-order valence-corrected chi connectivity index (χ4v) is 4.93. The lowest BCUT2D eigenvalue weighted by atomic mass is 9.80. The number of aromatic nitrogens is 1. The lowest BCUT2D eigenvalue weighted by Gasteiger charge is -2.33. The summed E-state index contributed by atoms with van der Waals surface area (Å²) in [6.07, 6.45) is 7.03. The van der Waals surface area contributed by atoms with Gasteiger partial charge in [0.2, 0.25) is 0 Å². The van der Waals surface area contributed by atoms with Crippen molar-refractivity contribution in [1.29, 1.82) is 0 Å². The molecular formula is C23H27N5O2. The first-order valence-corrected chi connectivity index (χ1v) is 10.7. The average molecular weight is 406 g/mol. The van der Waals surface area contributed by atoms with Gasteiger partial charge in [-0.05, 0) is 67.3 Å². The molecule has 156 valence electrons. The third-order valence-electron chi connectivity index (χ3n) is 6.68. The Bertz CT molecular complexity index is 927. The van der Waals surface area contributed by atoms with Gasteiger partial charge in [0, 0.05) is 61.8 Å². The summed E-state index contributed by atoms with van der Waals surface area (Å²) in [6, 6.07) is 9.05. The second-order valence-corrected chi connectivity index (χ2v) is 8.76. The molecule has 1 unspecified atom stereocenters. The molecular weight excluding hydrogens is 378 g/mol. The SMILES string of the molecule is O=C(Nc1ccc(C(=O)N2CCC3(CCCNC3)C2)cc1)N1Cc2ccncc2C1. The monoisotopic (exact) mass is 405 g/mol. The highest BCUT2D eigenvalue weighted by Crippen LogP contribution is 2.37. The van der Waals surface area contributed by atoms with Gasteiger partial charge in [0.05, 0.1) is 0 Å². The van der Waals surface area contributed by atoms with Gasteiger partial charge in [-0.1, -0.05) is 0 Å². The number of anilines is 1. The molecule has 4 heterocycles. The van der Waals surface area contributed by atoms with E-state index in [4.69, 9.17) is 0 Å². The van der Waals surface area contributed by atoms with E-state index >= 15 is 0 Å². The molecule has 2 fully saturated rings. The Morgan fingerprint density at radius 1 is 1.03 bits per heavy atom. The van der Waals surface area contributed by atoms with Crippen molar-refractivity contribution in [3.05, 3.63) is 59.4 Å². The summed E-state index contributed by atoms with van der Waals surface area (Å²) in [7, 11) is 0. The molecule has 2 N–H and O–H groups in total. The van der Waals surface area contributed by atoms with Gasteiger partial charge in [0.25, 0.3) is 5.91 Å².